The molecule has 0 bridgehead atoms. The Morgan fingerprint density at radius 2 is 0.957 bits per heavy atom. The summed E-state index contributed by atoms with van der Waals surface area (Å²) in [5.41, 5.74) is 2.59. The Bertz CT molecular complexity index is 374. The first-order valence-electron chi connectivity index (χ1n) is 7.43. The maximum absolute atomic E-state index is 10.3. The molecule has 9 heteroatoms. The van der Waals surface area contributed by atoms with Gasteiger partial charge in [0.25, 0.3) is 0 Å². The molecule has 0 aromatic rings. The largest absolute Gasteiger partial charge is 2.00 e. The zero-order chi connectivity index (χ0) is 16.8. The van der Waals surface area contributed by atoms with Crippen LogP contribution in [-0.4, -0.2) is 39.3 Å². The molecular formula is C14H28N6NiO2+2. The second kappa shape index (κ2) is 15.6. The van der Waals surface area contributed by atoms with E-state index in [2.05, 4.69) is 31.6 Å². The van der Waals surface area contributed by atoms with Crippen molar-refractivity contribution in [3.63, 3.8) is 0 Å². The fourth-order valence-electron chi connectivity index (χ4n) is 1.50. The Morgan fingerprint density at radius 1 is 0.652 bits per heavy atom. The minimum absolute atomic E-state index is 0. The van der Waals surface area contributed by atoms with E-state index in [0.717, 1.165) is 50.7 Å². The summed E-state index contributed by atoms with van der Waals surface area (Å²) < 4.78 is 0. The summed E-state index contributed by atoms with van der Waals surface area (Å²) in [6.07, 6.45) is 0. The van der Waals surface area contributed by atoms with Gasteiger partial charge in [-0.3, -0.25) is 0 Å². The topological polar surface area (TPSA) is 107 Å². The SMILES string of the molecule is CC(N=O)=C(C)NCCNCCNCCNC(C)=C(C)N=O.[Ni+2]. The van der Waals surface area contributed by atoms with Crippen LogP contribution in [0.15, 0.2) is 33.1 Å². The van der Waals surface area contributed by atoms with E-state index in [1.165, 1.54) is 0 Å². The quantitative estimate of drug-likeness (QED) is 0.221. The zero-order valence-corrected chi connectivity index (χ0v) is 15.3. The molecule has 0 atom stereocenters. The van der Waals surface area contributed by atoms with Gasteiger partial charge in [-0.1, -0.05) is 0 Å². The molecule has 0 spiro atoms. The molecule has 0 heterocycles. The van der Waals surface area contributed by atoms with Crippen LogP contribution >= 0.6 is 0 Å². The second-order valence-electron chi connectivity index (χ2n) is 4.96. The predicted octanol–water partition coefficient (Wildman–Crippen LogP) is 1.38. The van der Waals surface area contributed by atoms with Gasteiger partial charge in [0, 0.05) is 50.7 Å². The molecule has 0 aliphatic carbocycles. The summed E-state index contributed by atoms with van der Waals surface area (Å²) in [6.45, 7) is 11.9. The first kappa shape index (κ1) is 24.0. The Morgan fingerprint density at radius 3 is 1.26 bits per heavy atom. The van der Waals surface area contributed by atoms with Crippen molar-refractivity contribution in [1.82, 2.24) is 21.3 Å². The van der Waals surface area contributed by atoms with Gasteiger partial charge in [0.2, 0.25) is 0 Å². The van der Waals surface area contributed by atoms with E-state index >= 15 is 0 Å². The van der Waals surface area contributed by atoms with Crippen molar-refractivity contribution in [3.8, 4) is 0 Å². The van der Waals surface area contributed by atoms with Gasteiger partial charge in [0.15, 0.2) is 0 Å². The van der Waals surface area contributed by atoms with E-state index in [1.54, 1.807) is 13.8 Å². The third-order valence-electron chi connectivity index (χ3n) is 3.22. The summed E-state index contributed by atoms with van der Waals surface area (Å²) >= 11 is 0. The minimum atomic E-state index is 0. The van der Waals surface area contributed by atoms with Gasteiger partial charge in [-0.05, 0) is 38.0 Å². The van der Waals surface area contributed by atoms with Crippen LogP contribution in [0.5, 0.6) is 0 Å². The minimum Gasteiger partial charge on any atom is -0.386 e. The average Bonchev–Trinajstić information content (AvgIpc) is 2.54. The Hall–Kier alpha value is -1.31. The van der Waals surface area contributed by atoms with Crippen LogP contribution in [0.2, 0.25) is 0 Å². The third kappa shape index (κ3) is 12.9. The molecule has 0 unspecified atom stereocenters. The second-order valence-corrected chi connectivity index (χ2v) is 4.96. The summed E-state index contributed by atoms with van der Waals surface area (Å²) in [5, 5.41) is 18.6. The Kier molecular flexibility index (Phi) is 16.2. The van der Waals surface area contributed by atoms with Crippen LogP contribution in [-0.2, 0) is 16.5 Å². The summed E-state index contributed by atoms with van der Waals surface area (Å²) in [5.74, 6) is 0. The standard InChI is InChI=1S/C14H28N6O2.Ni/c1-11(13(3)19-21)17-9-7-15-5-6-16-8-10-18-12(2)14(4)20-22;/h15-18H,5-10H2,1-4H3;/q;+2. The van der Waals surface area contributed by atoms with E-state index in [1.807, 2.05) is 13.8 Å². The zero-order valence-electron chi connectivity index (χ0n) is 14.3. The van der Waals surface area contributed by atoms with E-state index in [-0.39, 0.29) is 16.5 Å². The van der Waals surface area contributed by atoms with Gasteiger partial charge < -0.3 is 21.3 Å². The van der Waals surface area contributed by atoms with E-state index in [9.17, 15) is 9.81 Å². The van der Waals surface area contributed by atoms with Crippen molar-refractivity contribution in [1.29, 1.82) is 0 Å². The number of hydrogen-bond acceptors (Lipinski definition) is 8. The molecule has 134 valence electrons. The Balaban J connectivity index is 0. The molecule has 0 rings (SSSR count). The molecule has 0 aromatic heterocycles. The number of rotatable bonds is 13. The number of hydrogen-bond donors (Lipinski definition) is 4. The number of allylic oxidation sites excluding steroid dienone is 4. The summed E-state index contributed by atoms with van der Waals surface area (Å²) in [7, 11) is 0. The van der Waals surface area contributed by atoms with Crippen LogP contribution in [0.25, 0.3) is 0 Å². The van der Waals surface area contributed by atoms with E-state index in [4.69, 9.17) is 0 Å². The van der Waals surface area contributed by atoms with Crippen molar-refractivity contribution >= 4 is 0 Å². The summed E-state index contributed by atoms with van der Waals surface area (Å²) in [6, 6.07) is 0. The monoisotopic (exact) mass is 370 g/mol. The maximum Gasteiger partial charge on any atom is 2.00 e. The van der Waals surface area contributed by atoms with Crippen molar-refractivity contribution in [2.24, 2.45) is 10.4 Å². The molecule has 0 saturated heterocycles. The van der Waals surface area contributed by atoms with Crippen LogP contribution in [0.4, 0.5) is 0 Å². The Labute approximate surface area is 148 Å². The van der Waals surface area contributed by atoms with Gasteiger partial charge >= 0.3 is 16.5 Å². The third-order valence-corrected chi connectivity index (χ3v) is 3.22. The van der Waals surface area contributed by atoms with Crippen LogP contribution < -0.4 is 21.3 Å². The van der Waals surface area contributed by atoms with Crippen LogP contribution in [0.1, 0.15) is 27.7 Å². The molecule has 4 N–H and O–H groups in total. The molecule has 0 radical (unpaired) electrons. The molecule has 0 fully saturated rings. The van der Waals surface area contributed by atoms with Crippen LogP contribution in [0.3, 0.4) is 0 Å². The normalized spacial score (nSPS) is 12.5. The molecule has 23 heavy (non-hydrogen) atoms. The van der Waals surface area contributed by atoms with Crippen molar-refractivity contribution in [2.45, 2.75) is 27.7 Å². The predicted molar refractivity (Wildman–Crippen MR) is 90.1 cm³/mol. The molecule has 8 nitrogen and oxygen atoms in total. The van der Waals surface area contributed by atoms with Gasteiger partial charge in [-0.2, -0.15) is 0 Å². The molecule has 0 saturated carbocycles. The van der Waals surface area contributed by atoms with Crippen molar-refractivity contribution in [3.05, 3.63) is 32.6 Å². The van der Waals surface area contributed by atoms with E-state index < -0.39 is 0 Å². The van der Waals surface area contributed by atoms with Gasteiger partial charge in [0.1, 0.15) is 11.4 Å². The number of nitrogens with one attached hydrogen (secondary N) is 4. The molecule has 0 aliphatic rings. The number of nitroso groups, excluding NO2 is 2. The van der Waals surface area contributed by atoms with Gasteiger partial charge in [-0.15, -0.1) is 9.81 Å². The first-order valence-corrected chi connectivity index (χ1v) is 7.43. The molecule has 0 aromatic carbocycles. The van der Waals surface area contributed by atoms with Crippen molar-refractivity contribution in [2.75, 3.05) is 39.3 Å². The molecule has 0 amide bonds. The van der Waals surface area contributed by atoms with Gasteiger partial charge in [-0.25, -0.2) is 0 Å². The summed E-state index contributed by atoms with van der Waals surface area (Å²) in [4.78, 5) is 20.6. The fraction of sp³-hybridized carbons (Fsp3) is 0.714. The first-order chi connectivity index (χ1) is 10.5. The maximum atomic E-state index is 10.3. The average molecular weight is 371 g/mol. The van der Waals surface area contributed by atoms with Crippen LogP contribution in [0, 0.1) is 9.81 Å². The van der Waals surface area contributed by atoms with Crippen molar-refractivity contribution < 1.29 is 16.5 Å². The molecule has 0 aliphatic heterocycles. The smallest absolute Gasteiger partial charge is 0.386 e. The number of nitrogens with zero attached hydrogens (tertiary/aromatic N) is 2. The van der Waals surface area contributed by atoms with Gasteiger partial charge in [0.05, 0.1) is 0 Å². The fourth-order valence-corrected chi connectivity index (χ4v) is 1.50. The molecular weight excluding hydrogens is 343 g/mol. The van der Waals surface area contributed by atoms with E-state index in [0.29, 0.717) is 11.4 Å².